The van der Waals surface area contributed by atoms with Gasteiger partial charge in [0.15, 0.2) is 11.5 Å². The van der Waals surface area contributed by atoms with E-state index in [2.05, 4.69) is 0 Å². The van der Waals surface area contributed by atoms with Crippen LogP contribution in [0.3, 0.4) is 0 Å². The van der Waals surface area contributed by atoms with Crippen molar-refractivity contribution in [2.24, 2.45) is 5.73 Å². The molecule has 19 heavy (non-hydrogen) atoms. The van der Waals surface area contributed by atoms with Crippen molar-refractivity contribution in [1.29, 1.82) is 0 Å². The van der Waals surface area contributed by atoms with Crippen molar-refractivity contribution in [3.05, 3.63) is 59.4 Å². The molecule has 0 saturated carbocycles. The lowest BCUT2D eigenvalue weighted by atomic mass is 9.99. The van der Waals surface area contributed by atoms with Gasteiger partial charge in [-0.15, -0.1) is 0 Å². The predicted molar refractivity (Wildman–Crippen MR) is 69.6 cm³/mol. The third kappa shape index (κ3) is 2.39. The summed E-state index contributed by atoms with van der Waals surface area (Å²) in [4.78, 5) is 0. The summed E-state index contributed by atoms with van der Waals surface area (Å²) in [6.45, 7) is 0.131. The summed E-state index contributed by atoms with van der Waals surface area (Å²) in [6.07, 6.45) is 0.581. The summed E-state index contributed by atoms with van der Waals surface area (Å²) in [5.74, 6) is 0.640. The summed E-state index contributed by atoms with van der Waals surface area (Å²) < 4.78 is 24.4. The number of rotatable bonds is 3. The number of ether oxygens (including phenoxy) is 2. The lowest BCUT2D eigenvalue weighted by Gasteiger charge is -2.13. The first-order valence-electron chi connectivity index (χ1n) is 6.12. The maximum Gasteiger partial charge on any atom is 0.231 e. The minimum absolute atomic E-state index is 0.131. The number of fused-ring (bicyclic) bond motifs is 1. The molecule has 3 nitrogen and oxygen atoms in total. The fraction of sp³-hybridized carbons (Fsp3) is 0.200. The second-order valence-electron chi connectivity index (χ2n) is 4.52. The molecular weight excluding hydrogens is 245 g/mol. The van der Waals surface area contributed by atoms with E-state index in [0.29, 0.717) is 23.5 Å². The van der Waals surface area contributed by atoms with Gasteiger partial charge in [-0.1, -0.05) is 30.3 Å². The molecular formula is C15H14FNO2. The Morgan fingerprint density at radius 1 is 1.11 bits per heavy atom. The molecule has 0 aliphatic carbocycles. The van der Waals surface area contributed by atoms with Crippen molar-refractivity contribution >= 4 is 0 Å². The first kappa shape index (κ1) is 12.0. The minimum Gasteiger partial charge on any atom is -0.454 e. The van der Waals surface area contributed by atoms with Gasteiger partial charge in [-0.2, -0.15) is 0 Å². The highest BCUT2D eigenvalue weighted by atomic mass is 19.1. The second kappa shape index (κ2) is 4.90. The third-order valence-corrected chi connectivity index (χ3v) is 3.19. The average Bonchev–Trinajstić information content (AvgIpc) is 2.86. The van der Waals surface area contributed by atoms with Crippen LogP contribution >= 0.6 is 0 Å². The molecule has 98 valence electrons. The van der Waals surface area contributed by atoms with Gasteiger partial charge in [-0.25, -0.2) is 4.39 Å². The highest BCUT2D eigenvalue weighted by Gasteiger charge is 2.20. The summed E-state index contributed by atoms with van der Waals surface area (Å²) >= 11 is 0. The largest absolute Gasteiger partial charge is 0.454 e. The smallest absolute Gasteiger partial charge is 0.231 e. The van der Waals surface area contributed by atoms with Crippen molar-refractivity contribution < 1.29 is 13.9 Å². The lowest BCUT2D eigenvalue weighted by molar-refractivity contribution is 0.174. The normalized spacial score (nSPS) is 14.4. The summed E-state index contributed by atoms with van der Waals surface area (Å²) in [5, 5.41) is 0. The van der Waals surface area contributed by atoms with Crippen LogP contribution in [0, 0.1) is 5.82 Å². The van der Waals surface area contributed by atoms with E-state index in [9.17, 15) is 4.39 Å². The maximum atomic E-state index is 14.0. The fourth-order valence-corrected chi connectivity index (χ4v) is 2.20. The molecule has 0 fully saturated rings. The van der Waals surface area contributed by atoms with Crippen LogP contribution in [0.4, 0.5) is 4.39 Å². The van der Waals surface area contributed by atoms with Crippen LogP contribution in [0.15, 0.2) is 42.5 Å². The minimum atomic E-state index is -0.406. The lowest BCUT2D eigenvalue weighted by Crippen LogP contribution is -2.15. The monoisotopic (exact) mass is 259 g/mol. The number of halogens is 1. The Bertz CT molecular complexity index is 586. The Balaban J connectivity index is 1.86. The zero-order chi connectivity index (χ0) is 13.2. The van der Waals surface area contributed by atoms with E-state index < -0.39 is 6.04 Å². The molecule has 2 N–H and O–H groups in total. The average molecular weight is 259 g/mol. The second-order valence-corrected chi connectivity index (χ2v) is 4.52. The Labute approximate surface area is 110 Å². The fourth-order valence-electron chi connectivity index (χ4n) is 2.20. The molecule has 1 atom stereocenters. The van der Waals surface area contributed by atoms with Gasteiger partial charge in [0.1, 0.15) is 5.82 Å². The number of hydrogen-bond donors (Lipinski definition) is 1. The summed E-state index contributed by atoms with van der Waals surface area (Å²) in [7, 11) is 0. The maximum absolute atomic E-state index is 14.0. The first-order chi connectivity index (χ1) is 9.24. The van der Waals surface area contributed by atoms with Gasteiger partial charge in [0.25, 0.3) is 0 Å². The predicted octanol–water partition coefficient (Wildman–Crippen LogP) is 2.80. The number of benzene rings is 2. The van der Waals surface area contributed by atoms with Gasteiger partial charge >= 0.3 is 0 Å². The highest BCUT2D eigenvalue weighted by Crippen LogP contribution is 2.36. The van der Waals surface area contributed by atoms with Crippen LogP contribution in [0.1, 0.15) is 17.2 Å². The molecule has 1 aliphatic heterocycles. The topological polar surface area (TPSA) is 44.5 Å². The molecule has 4 heteroatoms. The molecule has 1 unspecified atom stereocenters. The van der Waals surface area contributed by atoms with Crippen LogP contribution in [-0.4, -0.2) is 6.79 Å². The van der Waals surface area contributed by atoms with Gasteiger partial charge in [0.05, 0.1) is 0 Å². The molecule has 1 heterocycles. The van der Waals surface area contributed by atoms with Crippen molar-refractivity contribution in [3.8, 4) is 11.5 Å². The van der Waals surface area contributed by atoms with E-state index in [-0.39, 0.29) is 12.6 Å². The van der Waals surface area contributed by atoms with Gasteiger partial charge < -0.3 is 15.2 Å². The third-order valence-electron chi connectivity index (χ3n) is 3.19. The molecule has 0 saturated heterocycles. The molecule has 0 amide bonds. The number of nitrogens with two attached hydrogens (primary N) is 1. The zero-order valence-corrected chi connectivity index (χ0v) is 10.3. The van der Waals surface area contributed by atoms with Crippen LogP contribution < -0.4 is 15.2 Å². The van der Waals surface area contributed by atoms with Crippen LogP contribution in [0.2, 0.25) is 0 Å². The molecule has 0 bridgehead atoms. The van der Waals surface area contributed by atoms with Gasteiger partial charge in [0, 0.05) is 17.7 Å². The number of hydrogen-bond acceptors (Lipinski definition) is 3. The van der Waals surface area contributed by atoms with E-state index in [1.807, 2.05) is 30.3 Å². The van der Waals surface area contributed by atoms with Crippen molar-refractivity contribution in [1.82, 2.24) is 0 Å². The van der Waals surface area contributed by atoms with E-state index in [1.54, 1.807) is 6.07 Å². The summed E-state index contributed by atoms with van der Waals surface area (Å²) in [5.41, 5.74) is 7.61. The van der Waals surface area contributed by atoms with E-state index in [0.717, 1.165) is 5.56 Å². The van der Waals surface area contributed by atoms with Crippen LogP contribution in [0.25, 0.3) is 0 Å². The van der Waals surface area contributed by atoms with E-state index >= 15 is 0 Å². The standard InChI is InChI=1S/C15H14FNO2/c16-12-8-15-14(18-9-19-15)7-11(12)13(17)6-10-4-2-1-3-5-10/h1-5,7-8,13H,6,9,17H2. The van der Waals surface area contributed by atoms with Crippen molar-refractivity contribution in [3.63, 3.8) is 0 Å². The molecule has 2 aromatic carbocycles. The molecule has 0 spiro atoms. The van der Waals surface area contributed by atoms with Crippen molar-refractivity contribution in [2.75, 3.05) is 6.79 Å². The SMILES string of the molecule is NC(Cc1ccccc1)c1cc2c(cc1F)OCO2. The Morgan fingerprint density at radius 3 is 2.53 bits per heavy atom. The molecule has 1 aliphatic rings. The van der Waals surface area contributed by atoms with Crippen LogP contribution in [0.5, 0.6) is 11.5 Å². The Hall–Kier alpha value is -2.07. The van der Waals surface area contributed by atoms with Gasteiger partial charge in [-0.3, -0.25) is 0 Å². The highest BCUT2D eigenvalue weighted by molar-refractivity contribution is 5.46. The summed E-state index contributed by atoms with van der Waals surface area (Å²) in [6, 6.07) is 12.3. The van der Waals surface area contributed by atoms with Gasteiger partial charge in [0.2, 0.25) is 6.79 Å². The van der Waals surface area contributed by atoms with Crippen molar-refractivity contribution in [2.45, 2.75) is 12.5 Å². The molecule has 2 aromatic rings. The van der Waals surface area contributed by atoms with Crippen LogP contribution in [-0.2, 0) is 6.42 Å². The van der Waals surface area contributed by atoms with E-state index in [1.165, 1.54) is 6.07 Å². The molecule has 3 rings (SSSR count). The zero-order valence-electron chi connectivity index (χ0n) is 10.3. The molecule has 0 radical (unpaired) electrons. The molecule has 0 aromatic heterocycles. The first-order valence-corrected chi connectivity index (χ1v) is 6.12. The van der Waals surface area contributed by atoms with Gasteiger partial charge in [-0.05, 0) is 18.1 Å². The Morgan fingerprint density at radius 2 is 1.79 bits per heavy atom. The quantitative estimate of drug-likeness (QED) is 0.921. The van der Waals surface area contributed by atoms with E-state index in [4.69, 9.17) is 15.2 Å². The Kier molecular flexibility index (Phi) is 3.09.